The van der Waals surface area contributed by atoms with Crippen LogP contribution >= 0.6 is 0 Å². The first-order valence-corrected chi connectivity index (χ1v) is 6.78. The second kappa shape index (κ2) is 4.90. The van der Waals surface area contributed by atoms with Gasteiger partial charge in [-0.3, -0.25) is 0 Å². The van der Waals surface area contributed by atoms with Gasteiger partial charge >= 0.3 is 0 Å². The van der Waals surface area contributed by atoms with Crippen LogP contribution in [-0.2, 0) is 4.74 Å². The predicted octanol–water partition coefficient (Wildman–Crippen LogP) is 2.52. The summed E-state index contributed by atoms with van der Waals surface area (Å²) in [6.45, 7) is 0. The lowest BCUT2D eigenvalue weighted by atomic mass is 9.81. The quantitative estimate of drug-likeness (QED) is 0.887. The number of methoxy groups -OCH3 is 1. The van der Waals surface area contributed by atoms with Crippen molar-refractivity contribution in [3.05, 3.63) is 29.8 Å². The standard InChI is InChI=1S/C15H21NO2/c1-16-15(10-3-5-11(17-2)6-4-10)13-9-12-7-8-14(13)18-12/h3-6,12-16H,7-9H2,1-2H3. The van der Waals surface area contributed by atoms with Gasteiger partial charge in [0.1, 0.15) is 5.75 Å². The molecule has 3 nitrogen and oxygen atoms in total. The molecule has 98 valence electrons. The molecule has 0 amide bonds. The Morgan fingerprint density at radius 1 is 1.28 bits per heavy atom. The lowest BCUT2D eigenvalue weighted by Crippen LogP contribution is -2.31. The molecule has 2 aliphatic rings. The highest BCUT2D eigenvalue weighted by atomic mass is 16.5. The average molecular weight is 247 g/mol. The number of hydrogen-bond acceptors (Lipinski definition) is 3. The van der Waals surface area contributed by atoms with E-state index in [0.717, 1.165) is 5.75 Å². The summed E-state index contributed by atoms with van der Waals surface area (Å²) in [6, 6.07) is 8.78. The van der Waals surface area contributed by atoms with Crippen molar-refractivity contribution in [1.82, 2.24) is 5.32 Å². The molecule has 2 saturated heterocycles. The molecule has 2 aliphatic heterocycles. The number of ether oxygens (including phenoxy) is 2. The van der Waals surface area contributed by atoms with E-state index in [4.69, 9.17) is 9.47 Å². The Bertz CT molecular complexity index is 403. The monoisotopic (exact) mass is 247 g/mol. The zero-order valence-electron chi connectivity index (χ0n) is 11.1. The first-order chi connectivity index (χ1) is 8.81. The molecule has 18 heavy (non-hydrogen) atoms. The van der Waals surface area contributed by atoms with Crippen LogP contribution in [0, 0.1) is 5.92 Å². The second-order valence-electron chi connectivity index (χ2n) is 5.31. The van der Waals surface area contributed by atoms with Crippen molar-refractivity contribution >= 4 is 0 Å². The Balaban J connectivity index is 1.79. The van der Waals surface area contributed by atoms with E-state index in [2.05, 4.69) is 17.4 Å². The van der Waals surface area contributed by atoms with E-state index in [1.54, 1.807) is 7.11 Å². The number of hydrogen-bond donors (Lipinski definition) is 1. The van der Waals surface area contributed by atoms with Crippen molar-refractivity contribution in [1.29, 1.82) is 0 Å². The van der Waals surface area contributed by atoms with E-state index in [-0.39, 0.29) is 0 Å². The van der Waals surface area contributed by atoms with Gasteiger partial charge in [-0.25, -0.2) is 0 Å². The molecule has 3 rings (SSSR count). The van der Waals surface area contributed by atoms with Gasteiger partial charge < -0.3 is 14.8 Å². The van der Waals surface area contributed by atoms with E-state index < -0.39 is 0 Å². The van der Waals surface area contributed by atoms with Gasteiger partial charge in [-0.05, 0) is 44.0 Å². The lowest BCUT2D eigenvalue weighted by molar-refractivity contribution is 0.0863. The van der Waals surface area contributed by atoms with Crippen LogP contribution in [-0.4, -0.2) is 26.4 Å². The van der Waals surface area contributed by atoms with Gasteiger partial charge in [0.05, 0.1) is 19.3 Å². The fraction of sp³-hybridized carbons (Fsp3) is 0.600. The molecule has 2 fully saturated rings. The average Bonchev–Trinajstić information content (AvgIpc) is 3.03. The second-order valence-corrected chi connectivity index (χ2v) is 5.31. The Morgan fingerprint density at radius 2 is 2.06 bits per heavy atom. The van der Waals surface area contributed by atoms with Gasteiger partial charge in [0.2, 0.25) is 0 Å². The maximum atomic E-state index is 5.97. The third kappa shape index (κ3) is 2.02. The summed E-state index contributed by atoms with van der Waals surface area (Å²) in [6.07, 6.45) is 4.63. The lowest BCUT2D eigenvalue weighted by Gasteiger charge is -2.28. The molecule has 0 radical (unpaired) electrons. The highest BCUT2D eigenvalue weighted by molar-refractivity contribution is 5.30. The molecule has 0 aliphatic carbocycles. The highest BCUT2D eigenvalue weighted by Crippen LogP contribution is 2.44. The number of nitrogens with one attached hydrogen (secondary N) is 1. The number of rotatable bonds is 4. The van der Waals surface area contributed by atoms with Crippen LogP contribution in [0.3, 0.4) is 0 Å². The van der Waals surface area contributed by atoms with Crippen molar-refractivity contribution in [3.63, 3.8) is 0 Å². The van der Waals surface area contributed by atoms with Crippen molar-refractivity contribution in [3.8, 4) is 5.75 Å². The summed E-state index contributed by atoms with van der Waals surface area (Å²) in [5.74, 6) is 1.53. The molecule has 0 saturated carbocycles. The minimum absolute atomic E-state index is 0.395. The summed E-state index contributed by atoms with van der Waals surface area (Å²) in [7, 11) is 3.75. The molecular formula is C15H21NO2. The molecule has 2 heterocycles. The zero-order valence-corrected chi connectivity index (χ0v) is 11.1. The Morgan fingerprint density at radius 3 is 2.56 bits per heavy atom. The Hall–Kier alpha value is -1.06. The van der Waals surface area contributed by atoms with E-state index in [0.29, 0.717) is 24.2 Å². The Labute approximate surface area is 108 Å². The van der Waals surface area contributed by atoms with Gasteiger partial charge in [-0.15, -0.1) is 0 Å². The molecule has 2 bridgehead atoms. The largest absolute Gasteiger partial charge is 0.497 e. The maximum Gasteiger partial charge on any atom is 0.118 e. The first-order valence-electron chi connectivity index (χ1n) is 6.78. The van der Waals surface area contributed by atoms with E-state index in [1.807, 2.05) is 19.2 Å². The number of benzene rings is 1. The van der Waals surface area contributed by atoms with Gasteiger partial charge in [0.25, 0.3) is 0 Å². The van der Waals surface area contributed by atoms with E-state index >= 15 is 0 Å². The molecule has 4 unspecified atom stereocenters. The molecule has 0 aromatic heterocycles. The van der Waals surface area contributed by atoms with Crippen LogP contribution in [0.15, 0.2) is 24.3 Å². The Kier molecular flexibility index (Phi) is 3.27. The fourth-order valence-corrected chi connectivity index (χ4v) is 3.47. The van der Waals surface area contributed by atoms with Gasteiger partial charge in [-0.1, -0.05) is 12.1 Å². The fourth-order valence-electron chi connectivity index (χ4n) is 3.47. The predicted molar refractivity (Wildman–Crippen MR) is 70.8 cm³/mol. The van der Waals surface area contributed by atoms with Gasteiger partial charge in [0.15, 0.2) is 0 Å². The van der Waals surface area contributed by atoms with Crippen molar-refractivity contribution < 1.29 is 9.47 Å². The third-order valence-corrected chi connectivity index (χ3v) is 4.37. The summed E-state index contributed by atoms with van der Waals surface area (Å²) in [5, 5.41) is 3.46. The van der Waals surface area contributed by atoms with Crippen LogP contribution in [0.25, 0.3) is 0 Å². The van der Waals surface area contributed by atoms with E-state index in [1.165, 1.54) is 24.8 Å². The zero-order chi connectivity index (χ0) is 12.5. The SMILES string of the molecule is CNC(c1ccc(OC)cc1)C1CC2CCC1O2. The van der Waals surface area contributed by atoms with Crippen LogP contribution in [0.1, 0.15) is 30.9 Å². The molecule has 1 N–H and O–H groups in total. The van der Waals surface area contributed by atoms with Gasteiger partial charge in [-0.2, -0.15) is 0 Å². The van der Waals surface area contributed by atoms with Crippen LogP contribution in [0.4, 0.5) is 0 Å². The van der Waals surface area contributed by atoms with Crippen LogP contribution in [0.2, 0.25) is 0 Å². The summed E-state index contributed by atoms with van der Waals surface area (Å²) >= 11 is 0. The molecule has 1 aromatic carbocycles. The molecule has 1 aromatic rings. The summed E-state index contributed by atoms with van der Waals surface area (Å²) in [4.78, 5) is 0. The van der Waals surface area contributed by atoms with E-state index in [9.17, 15) is 0 Å². The molecule has 4 atom stereocenters. The maximum absolute atomic E-state index is 5.97. The summed E-state index contributed by atoms with van der Waals surface area (Å²) in [5.41, 5.74) is 1.33. The molecular weight excluding hydrogens is 226 g/mol. The molecule has 3 heteroatoms. The molecule has 0 spiro atoms. The van der Waals surface area contributed by atoms with Crippen LogP contribution in [0.5, 0.6) is 5.75 Å². The smallest absolute Gasteiger partial charge is 0.118 e. The normalized spacial score (nSPS) is 31.6. The first kappa shape index (κ1) is 12.0. The summed E-state index contributed by atoms with van der Waals surface area (Å²) < 4.78 is 11.2. The number of fused-ring (bicyclic) bond motifs is 2. The topological polar surface area (TPSA) is 30.5 Å². The van der Waals surface area contributed by atoms with Crippen molar-refractivity contribution in [2.45, 2.75) is 37.5 Å². The highest BCUT2D eigenvalue weighted by Gasteiger charge is 2.44. The van der Waals surface area contributed by atoms with Gasteiger partial charge in [0, 0.05) is 12.0 Å². The van der Waals surface area contributed by atoms with Crippen LogP contribution < -0.4 is 10.1 Å². The third-order valence-electron chi connectivity index (χ3n) is 4.37. The minimum atomic E-state index is 0.395. The minimum Gasteiger partial charge on any atom is -0.497 e. The van der Waals surface area contributed by atoms with Crippen molar-refractivity contribution in [2.24, 2.45) is 5.92 Å². The van der Waals surface area contributed by atoms with Crippen molar-refractivity contribution in [2.75, 3.05) is 14.2 Å².